The van der Waals surface area contributed by atoms with Crippen LogP contribution in [0.15, 0.2) is 51.7 Å². The molecule has 0 atom stereocenters. The molecule has 0 fully saturated rings. The quantitative estimate of drug-likeness (QED) is 0.130. The van der Waals surface area contributed by atoms with Gasteiger partial charge >= 0.3 is 5.63 Å². The summed E-state index contributed by atoms with van der Waals surface area (Å²) in [4.78, 5) is 14.0. The van der Waals surface area contributed by atoms with Gasteiger partial charge in [-0.15, -0.1) is 0 Å². The van der Waals surface area contributed by atoms with Crippen molar-refractivity contribution in [2.24, 2.45) is 0 Å². The number of aromatic nitrogens is 1. The molecule has 0 spiro atoms. The van der Waals surface area contributed by atoms with Gasteiger partial charge in [0.25, 0.3) is 0 Å². The summed E-state index contributed by atoms with van der Waals surface area (Å²) in [6.07, 6.45) is 0.432. The molecule has 0 saturated heterocycles. The summed E-state index contributed by atoms with van der Waals surface area (Å²) in [5.74, 6) is 3.63. The summed E-state index contributed by atoms with van der Waals surface area (Å²) < 4.78 is 44.5. The molecule has 0 unspecified atom stereocenters. The smallest absolute Gasteiger partial charge is 0.361 e. The molecule has 1 aliphatic heterocycles. The van der Waals surface area contributed by atoms with Crippen LogP contribution in [0.4, 0.5) is 0 Å². The lowest BCUT2D eigenvalue weighted by Gasteiger charge is -2.24. The van der Waals surface area contributed by atoms with Gasteiger partial charge in [0.2, 0.25) is 0 Å². The fraction of sp³-hybridized carbons (Fsp3) is 0.410. The number of hydrogen-bond acceptors (Lipinski definition) is 8. The Kier molecular flexibility index (Phi) is 8.98. The lowest BCUT2D eigenvalue weighted by Crippen LogP contribution is -2.15. The molecule has 6 rings (SSSR count). The molecule has 3 aromatic carbocycles. The van der Waals surface area contributed by atoms with Crippen molar-refractivity contribution in [2.45, 2.75) is 92.8 Å². The van der Waals surface area contributed by atoms with E-state index >= 15 is 0 Å². The van der Waals surface area contributed by atoms with Gasteiger partial charge in [-0.2, -0.15) is 0 Å². The maximum atomic E-state index is 14.0. The van der Waals surface area contributed by atoms with Gasteiger partial charge in [-0.25, -0.2) is 4.79 Å². The number of fused-ring (bicyclic) bond motifs is 7. The van der Waals surface area contributed by atoms with E-state index in [9.17, 15) is 4.79 Å². The summed E-state index contributed by atoms with van der Waals surface area (Å²) in [6, 6.07) is 13.7. The Labute approximate surface area is 281 Å². The van der Waals surface area contributed by atoms with Crippen LogP contribution >= 0.6 is 0 Å². The van der Waals surface area contributed by atoms with E-state index in [1.54, 1.807) is 20.3 Å². The highest BCUT2D eigenvalue weighted by Crippen LogP contribution is 2.50. The average molecular weight is 656 g/mol. The zero-order valence-electron chi connectivity index (χ0n) is 29.5. The predicted molar refractivity (Wildman–Crippen MR) is 189 cm³/mol. The molecule has 9 heteroatoms. The maximum Gasteiger partial charge on any atom is 0.361 e. The molecule has 254 valence electrons. The second kappa shape index (κ2) is 13.0. The van der Waals surface area contributed by atoms with Gasteiger partial charge in [-0.1, -0.05) is 6.07 Å². The third kappa shape index (κ3) is 6.02. The van der Waals surface area contributed by atoms with Crippen LogP contribution in [-0.2, 0) is 13.0 Å². The van der Waals surface area contributed by atoms with Crippen LogP contribution in [0.2, 0.25) is 0 Å². The molecular weight excluding hydrogens is 610 g/mol. The Balaban J connectivity index is 1.76. The molecule has 1 aliphatic rings. The van der Waals surface area contributed by atoms with Gasteiger partial charge in [0.15, 0.2) is 34.5 Å². The second-order valence-electron chi connectivity index (χ2n) is 13.2. The van der Waals surface area contributed by atoms with Crippen LogP contribution in [0, 0.1) is 0 Å². The highest BCUT2D eigenvalue weighted by Gasteiger charge is 2.31. The highest BCUT2D eigenvalue weighted by atomic mass is 16.5. The molecular formula is C39H45NO8. The molecule has 48 heavy (non-hydrogen) atoms. The first kappa shape index (κ1) is 33.1. The van der Waals surface area contributed by atoms with Crippen LogP contribution in [0.1, 0.15) is 61.0 Å². The molecule has 9 nitrogen and oxygen atoms in total. The molecule has 0 aliphatic carbocycles. The largest absolute Gasteiger partial charge is 0.493 e. The lowest BCUT2D eigenvalue weighted by atomic mass is 9.91. The van der Waals surface area contributed by atoms with Crippen molar-refractivity contribution in [3.63, 3.8) is 0 Å². The first-order chi connectivity index (χ1) is 22.9. The summed E-state index contributed by atoms with van der Waals surface area (Å²) >= 11 is 0. The van der Waals surface area contributed by atoms with E-state index in [1.165, 1.54) is 0 Å². The normalized spacial score (nSPS) is 12.6. The van der Waals surface area contributed by atoms with Crippen molar-refractivity contribution in [3.8, 4) is 56.9 Å². The van der Waals surface area contributed by atoms with Crippen LogP contribution in [0.5, 0.6) is 34.5 Å². The van der Waals surface area contributed by atoms with E-state index in [1.807, 2.05) is 85.7 Å². The summed E-state index contributed by atoms with van der Waals surface area (Å²) in [7, 11) is 3.22. The molecule has 0 bridgehead atoms. The number of methoxy groups -OCH3 is 2. The number of rotatable bonds is 11. The minimum Gasteiger partial charge on any atom is -0.493 e. The Bertz CT molecular complexity index is 2050. The van der Waals surface area contributed by atoms with Crippen LogP contribution < -0.4 is 34.0 Å². The van der Waals surface area contributed by atoms with Crippen LogP contribution in [0.25, 0.3) is 44.3 Å². The third-order valence-corrected chi connectivity index (χ3v) is 8.13. The fourth-order valence-corrected chi connectivity index (χ4v) is 6.48. The maximum absolute atomic E-state index is 14.0. The molecule has 5 aromatic rings. The molecule has 2 aromatic heterocycles. The standard InChI is InChI=1S/C39H45NO8/c1-20(2)44-28-12-11-25(16-32(28)45-21(3)4)35-36-27-18-34(47-23(7)8)31(43-10)19-29(27)48-39(41)38(36)40-14-13-24-15-33(46-22(5)6)30(42-9)17-26(24)37(35)40/h11-12,15-23H,13-14H2,1-10H3. The number of benzene rings is 3. The van der Waals surface area contributed by atoms with Crippen molar-refractivity contribution in [1.82, 2.24) is 4.57 Å². The van der Waals surface area contributed by atoms with Gasteiger partial charge < -0.3 is 37.4 Å². The van der Waals surface area contributed by atoms with Gasteiger partial charge in [-0.3, -0.25) is 0 Å². The molecule has 0 saturated carbocycles. The Morgan fingerprint density at radius 3 is 1.83 bits per heavy atom. The fourth-order valence-electron chi connectivity index (χ4n) is 6.48. The first-order valence-corrected chi connectivity index (χ1v) is 16.6. The van der Waals surface area contributed by atoms with Gasteiger partial charge in [-0.05, 0) is 103 Å². The molecule has 0 amide bonds. The number of nitrogens with zero attached hydrogens (tertiary/aromatic N) is 1. The predicted octanol–water partition coefficient (Wildman–Crippen LogP) is 8.80. The van der Waals surface area contributed by atoms with Gasteiger partial charge in [0, 0.05) is 34.5 Å². The van der Waals surface area contributed by atoms with Crippen molar-refractivity contribution in [3.05, 3.63) is 58.4 Å². The third-order valence-electron chi connectivity index (χ3n) is 8.13. The van der Waals surface area contributed by atoms with E-state index in [-0.39, 0.29) is 24.4 Å². The Hall–Kier alpha value is -4.79. The minimum atomic E-state index is -0.432. The van der Waals surface area contributed by atoms with Crippen molar-refractivity contribution < 1.29 is 32.8 Å². The number of hydrogen-bond donors (Lipinski definition) is 0. The Morgan fingerprint density at radius 2 is 1.23 bits per heavy atom. The topological polar surface area (TPSA) is 90.5 Å². The summed E-state index contributed by atoms with van der Waals surface area (Å²) in [6.45, 7) is 16.4. The summed E-state index contributed by atoms with van der Waals surface area (Å²) in [5, 5.41) is 1.50. The second-order valence-corrected chi connectivity index (χ2v) is 13.2. The van der Waals surface area contributed by atoms with E-state index < -0.39 is 5.63 Å². The molecule has 3 heterocycles. The lowest BCUT2D eigenvalue weighted by molar-refractivity contribution is 0.199. The van der Waals surface area contributed by atoms with Crippen LogP contribution in [0.3, 0.4) is 0 Å². The van der Waals surface area contributed by atoms with Crippen LogP contribution in [-0.4, -0.2) is 43.2 Å². The van der Waals surface area contributed by atoms with E-state index in [0.29, 0.717) is 58.6 Å². The van der Waals surface area contributed by atoms with E-state index in [0.717, 1.165) is 38.7 Å². The zero-order chi connectivity index (χ0) is 34.4. The number of ether oxygens (including phenoxy) is 6. The van der Waals surface area contributed by atoms with Gasteiger partial charge in [0.1, 0.15) is 11.1 Å². The van der Waals surface area contributed by atoms with Crippen molar-refractivity contribution >= 4 is 21.9 Å². The monoisotopic (exact) mass is 655 g/mol. The zero-order valence-corrected chi connectivity index (χ0v) is 29.5. The Morgan fingerprint density at radius 1 is 0.667 bits per heavy atom. The SMILES string of the molecule is COc1cc2c(cc1OC(C)C)CCn1c-2c(-c2ccc(OC(C)C)c(OC(C)C)c2)c2c3cc(OC(C)C)c(OC)cc3oc(=O)c21. The van der Waals surface area contributed by atoms with E-state index in [4.69, 9.17) is 32.8 Å². The summed E-state index contributed by atoms with van der Waals surface area (Å²) in [5.41, 5.74) is 5.12. The van der Waals surface area contributed by atoms with Crippen molar-refractivity contribution in [1.29, 1.82) is 0 Å². The first-order valence-electron chi connectivity index (χ1n) is 16.6. The molecule has 0 radical (unpaired) electrons. The average Bonchev–Trinajstić information content (AvgIpc) is 3.37. The minimum absolute atomic E-state index is 0.0243. The van der Waals surface area contributed by atoms with Crippen molar-refractivity contribution in [2.75, 3.05) is 14.2 Å². The molecule has 0 N–H and O–H groups in total. The van der Waals surface area contributed by atoms with E-state index in [2.05, 4.69) is 10.6 Å². The number of aryl methyl sites for hydroxylation is 2. The van der Waals surface area contributed by atoms with Gasteiger partial charge in [0.05, 0.1) is 44.3 Å². The highest BCUT2D eigenvalue weighted by molar-refractivity contribution is 6.17.